The molecule has 0 aliphatic carbocycles. The van der Waals surface area contributed by atoms with E-state index in [0.29, 0.717) is 13.1 Å². The normalized spacial score (nSPS) is 21.8. The zero-order chi connectivity index (χ0) is 19.4. The van der Waals surface area contributed by atoms with Gasteiger partial charge >= 0.3 is 6.09 Å². The van der Waals surface area contributed by atoms with Gasteiger partial charge in [0.05, 0.1) is 13.3 Å². The number of aryl methyl sites for hydroxylation is 1. The number of likely N-dealkylation sites (tertiary alicyclic amines) is 1. The third kappa shape index (κ3) is 4.43. The zero-order valence-electron chi connectivity index (χ0n) is 16.7. The number of hydrogen-bond donors (Lipinski definition) is 0. The van der Waals surface area contributed by atoms with Gasteiger partial charge < -0.3 is 9.64 Å². The van der Waals surface area contributed by atoms with Gasteiger partial charge in [0, 0.05) is 57.6 Å². The van der Waals surface area contributed by atoms with Crippen molar-refractivity contribution in [2.45, 2.75) is 45.2 Å². The molecule has 2 aliphatic rings. The topological polar surface area (TPSA) is 70.9 Å². The highest BCUT2D eigenvalue weighted by Crippen LogP contribution is 2.21. The molecule has 2 aliphatic heterocycles. The molecule has 0 saturated carbocycles. The maximum absolute atomic E-state index is 13.1. The molecule has 3 rings (SSSR count). The molecule has 1 atom stereocenters. The van der Waals surface area contributed by atoms with Crippen LogP contribution in [-0.4, -0.2) is 82.4 Å². The summed E-state index contributed by atoms with van der Waals surface area (Å²) in [6.45, 7) is 6.79. The van der Waals surface area contributed by atoms with Crippen LogP contribution in [-0.2, 0) is 23.1 Å². The second kappa shape index (κ2) is 8.73. The minimum Gasteiger partial charge on any atom is -0.453 e. The predicted octanol–water partition coefficient (Wildman–Crippen LogP) is 1.38. The Hall–Kier alpha value is -2.09. The zero-order valence-corrected chi connectivity index (χ0v) is 16.7. The van der Waals surface area contributed by atoms with E-state index in [2.05, 4.69) is 16.9 Å². The van der Waals surface area contributed by atoms with E-state index in [9.17, 15) is 9.59 Å². The Labute approximate surface area is 161 Å². The number of aromatic nitrogens is 2. The lowest BCUT2D eigenvalue weighted by Gasteiger charge is -2.36. The van der Waals surface area contributed by atoms with Crippen molar-refractivity contribution >= 4 is 12.0 Å². The SMILES string of the molecule is COC(=O)N1CCCCC1C(=O)N1CCCN(Cc2cnn(C)c2C)CC1. The number of methoxy groups -OCH3 is 1. The third-order valence-corrected chi connectivity index (χ3v) is 5.83. The predicted molar refractivity (Wildman–Crippen MR) is 101 cm³/mol. The number of nitrogens with zero attached hydrogens (tertiary/aromatic N) is 5. The fourth-order valence-electron chi connectivity index (χ4n) is 4.02. The van der Waals surface area contributed by atoms with Crippen LogP contribution in [0.3, 0.4) is 0 Å². The van der Waals surface area contributed by atoms with Crippen molar-refractivity contribution in [1.82, 2.24) is 24.5 Å². The monoisotopic (exact) mass is 377 g/mol. The average Bonchev–Trinajstić information content (AvgIpc) is 2.89. The summed E-state index contributed by atoms with van der Waals surface area (Å²) in [5.41, 5.74) is 2.42. The van der Waals surface area contributed by atoms with Gasteiger partial charge in [0.1, 0.15) is 6.04 Å². The molecule has 1 aromatic heterocycles. The Balaban J connectivity index is 1.60. The lowest BCUT2D eigenvalue weighted by molar-refractivity contribution is -0.137. The number of ether oxygens (including phenoxy) is 1. The second-order valence-electron chi connectivity index (χ2n) is 7.51. The molecule has 8 nitrogen and oxygen atoms in total. The van der Waals surface area contributed by atoms with Crippen molar-refractivity contribution in [3.05, 3.63) is 17.5 Å². The summed E-state index contributed by atoms with van der Waals surface area (Å²) in [6, 6.07) is -0.377. The second-order valence-corrected chi connectivity index (χ2v) is 7.51. The lowest BCUT2D eigenvalue weighted by Crippen LogP contribution is -2.53. The van der Waals surface area contributed by atoms with Gasteiger partial charge in [0.25, 0.3) is 0 Å². The van der Waals surface area contributed by atoms with E-state index < -0.39 is 6.09 Å². The van der Waals surface area contributed by atoms with Gasteiger partial charge in [0.15, 0.2) is 0 Å². The van der Waals surface area contributed by atoms with Crippen molar-refractivity contribution in [2.24, 2.45) is 7.05 Å². The summed E-state index contributed by atoms with van der Waals surface area (Å²) in [5.74, 6) is 0.0690. The van der Waals surface area contributed by atoms with Crippen molar-refractivity contribution in [1.29, 1.82) is 0 Å². The summed E-state index contributed by atoms with van der Waals surface area (Å²) in [6.07, 6.45) is 5.11. The van der Waals surface area contributed by atoms with Gasteiger partial charge in [-0.05, 0) is 32.6 Å². The molecule has 8 heteroatoms. The quantitative estimate of drug-likeness (QED) is 0.796. The summed E-state index contributed by atoms with van der Waals surface area (Å²) in [7, 11) is 3.33. The van der Waals surface area contributed by atoms with Crippen LogP contribution in [0.4, 0.5) is 4.79 Å². The van der Waals surface area contributed by atoms with Crippen LogP contribution in [0.1, 0.15) is 36.9 Å². The maximum Gasteiger partial charge on any atom is 0.410 e. The van der Waals surface area contributed by atoms with Crippen LogP contribution in [0, 0.1) is 6.92 Å². The summed E-state index contributed by atoms with van der Waals surface area (Å²) >= 11 is 0. The highest BCUT2D eigenvalue weighted by atomic mass is 16.5. The molecule has 0 N–H and O–H groups in total. The minimum atomic E-state index is -0.392. The first-order chi connectivity index (χ1) is 13.0. The fourth-order valence-corrected chi connectivity index (χ4v) is 4.02. The number of amides is 2. The van der Waals surface area contributed by atoms with E-state index >= 15 is 0 Å². The van der Waals surface area contributed by atoms with E-state index in [1.807, 2.05) is 22.8 Å². The van der Waals surface area contributed by atoms with Crippen molar-refractivity contribution in [3.63, 3.8) is 0 Å². The number of piperidine rings is 1. The van der Waals surface area contributed by atoms with Gasteiger partial charge in [-0.15, -0.1) is 0 Å². The Bertz CT molecular complexity index is 674. The van der Waals surface area contributed by atoms with Crippen molar-refractivity contribution in [2.75, 3.05) is 39.8 Å². The van der Waals surface area contributed by atoms with E-state index in [1.165, 1.54) is 18.4 Å². The molecular formula is C19H31N5O3. The molecule has 0 radical (unpaired) electrons. The van der Waals surface area contributed by atoms with Crippen molar-refractivity contribution < 1.29 is 14.3 Å². The van der Waals surface area contributed by atoms with Gasteiger partial charge in [0.2, 0.25) is 5.91 Å². The Morgan fingerprint density at radius 3 is 2.67 bits per heavy atom. The molecule has 0 aromatic carbocycles. The highest BCUT2D eigenvalue weighted by Gasteiger charge is 2.35. The Morgan fingerprint density at radius 2 is 1.96 bits per heavy atom. The first-order valence-electron chi connectivity index (χ1n) is 9.84. The molecule has 150 valence electrons. The molecule has 2 amide bonds. The van der Waals surface area contributed by atoms with Gasteiger partial charge in [-0.2, -0.15) is 5.10 Å². The van der Waals surface area contributed by atoms with E-state index in [0.717, 1.165) is 51.9 Å². The van der Waals surface area contributed by atoms with Crippen LogP contribution in [0.15, 0.2) is 6.20 Å². The van der Waals surface area contributed by atoms with Crippen LogP contribution in [0.2, 0.25) is 0 Å². The van der Waals surface area contributed by atoms with Crippen LogP contribution in [0.25, 0.3) is 0 Å². The van der Waals surface area contributed by atoms with Gasteiger partial charge in [-0.1, -0.05) is 0 Å². The van der Waals surface area contributed by atoms with Crippen LogP contribution < -0.4 is 0 Å². The van der Waals surface area contributed by atoms with Crippen LogP contribution in [0.5, 0.6) is 0 Å². The first-order valence-corrected chi connectivity index (χ1v) is 9.84. The smallest absolute Gasteiger partial charge is 0.410 e. The number of rotatable bonds is 3. The first kappa shape index (κ1) is 19.7. The molecule has 27 heavy (non-hydrogen) atoms. The minimum absolute atomic E-state index is 0.0690. The summed E-state index contributed by atoms with van der Waals surface area (Å²) < 4.78 is 6.78. The van der Waals surface area contributed by atoms with Gasteiger partial charge in [-0.3, -0.25) is 19.3 Å². The van der Waals surface area contributed by atoms with E-state index in [1.54, 1.807) is 4.90 Å². The Kier molecular flexibility index (Phi) is 6.36. The average molecular weight is 377 g/mol. The molecule has 1 aromatic rings. The molecular weight excluding hydrogens is 346 g/mol. The molecule has 0 bridgehead atoms. The van der Waals surface area contributed by atoms with Gasteiger partial charge in [-0.25, -0.2) is 4.79 Å². The molecule has 2 saturated heterocycles. The summed E-state index contributed by atoms with van der Waals surface area (Å²) in [4.78, 5) is 31.1. The van der Waals surface area contributed by atoms with E-state index in [-0.39, 0.29) is 11.9 Å². The third-order valence-electron chi connectivity index (χ3n) is 5.83. The highest BCUT2D eigenvalue weighted by molar-refractivity contribution is 5.86. The van der Waals surface area contributed by atoms with Crippen LogP contribution >= 0.6 is 0 Å². The Morgan fingerprint density at radius 1 is 1.15 bits per heavy atom. The molecule has 0 spiro atoms. The van der Waals surface area contributed by atoms with E-state index in [4.69, 9.17) is 4.74 Å². The number of carbonyl (C=O) groups is 2. The lowest BCUT2D eigenvalue weighted by atomic mass is 10.0. The fraction of sp³-hybridized carbons (Fsp3) is 0.737. The summed E-state index contributed by atoms with van der Waals surface area (Å²) in [5, 5.41) is 4.32. The molecule has 2 fully saturated rings. The number of hydrogen-bond acceptors (Lipinski definition) is 5. The maximum atomic E-state index is 13.1. The number of carbonyl (C=O) groups excluding carboxylic acids is 2. The largest absolute Gasteiger partial charge is 0.453 e. The van der Waals surface area contributed by atoms with Crippen molar-refractivity contribution in [3.8, 4) is 0 Å². The molecule has 1 unspecified atom stereocenters. The molecule has 3 heterocycles. The standard InChI is InChI=1S/C19H31N5O3/c1-15-16(13-20-21(15)2)14-22-8-6-9-23(12-11-22)18(25)17-7-4-5-10-24(17)19(26)27-3/h13,17H,4-12,14H2,1-3H3.